The maximum absolute atomic E-state index is 10.4. The Balaban J connectivity index is 2.00. The van der Waals surface area contributed by atoms with Gasteiger partial charge in [-0.3, -0.25) is 0 Å². The molecule has 2 saturated carbocycles. The third-order valence-electron chi connectivity index (χ3n) is 6.91. The molecule has 0 heterocycles. The minimum atomic E-state index is -0.545. The number of aliphatic hydroxyl groups is 2. The van der Waals surface area contributed by atoms with Gasteiger partial charge in [-0.1, -0.05) is 27.2 Å². The highest BCUT2D eigenvalue weighted by Crippen LogP contribution is 2.58. The third-order valence-corrected chi connectivity index (χ3v) is 6.91. The smallest absolute Gasteiger partial charge is 0.0591 e. The van der Waals surface area contributed by atoms with Gasteiger partial charge in [0.15, 0.2) is 0 Å². The molecule has 124 valence electrons. The number of rotatable bonds is 5. The summed E-state index contributed by atoms with van der Waals surface area (Å²) in [6.07, 6.45) is 7.91. The van der Waals surface area contributed by atoms with Crippen LogP contribution in [0.2, 0.25) is 0 Å². The Bertz CT molecular complexity index is 346. The fourth-order valence-electron chi connectivity index (χ4n) is 5.29. The van der Waals surface area contributed by atoms with E-state index in [-0.39, 0.29) is 6.10 Å². The van der Waals surface area contributed by atoms with Gasteiger partial charge in [0, 0.05) is 0 Å². The van der Waals surface area contributed by atoms with Crippen LogP contribution in [-0.4, -0.2) is 21.9 Å². The summed E-state index contributed by atoms with van der Waals surface area (Å²) in [5.41, 5.74) is -0.197. The molecule has 0 aromatic carbocycles. The molecule has 0 aromatic heterocycles. The summed E-state index contributed by atoms with van der Waals surface area (Å²) in [7, 11) is 0. The van der Waals surface area contributed by atoms with Crippen LogP contribution >= 0.6 is 0 Å². The van der Waals surface area contributed by atoms with E-state index in [0.717, 1.165) is 25.2 Å². The van der Waals surface area contributed by atoms with E-state index in [1.807, 2.05) is 13.8 Å². The lowest BCUT2D eigenvalue weighted by molar-refractivity contribution is -0.0337. The molecule has 0 aliphatic heterocycles. The summed E-state index contributed by atoms with van der Waals surface area (Å²) in [4.78, 5) is 0. The zero-order chi connectivity index (χ0) is 15.8. The Morgan fingerprint density at radius 3 is 2.48 bits per heavy atom. The average molecular weight is 296 g/mol. The summed E-state index contributed by atoms with van der Waals surface area (Å²) in [6, 6.07) is 0. The largest absolute Gasteiger partial charge is 0.393 e. The molecule has 2 fully saturated rings. The summed E-state index contributed by atoms with van der Waals surface area (Å²) in [5, 5.41) is 20.3. The number of aliphatic hydroxyl groups excluding tert-OH is 1. The Morgan fingerprint density at radius 2 is 1.86 bits per heavy atom. The van der Waals surface area contributed by atoms with Gasteiger partial charge in [0.2, 0.25) is 0 Å². The van der Waals surface area contributed by atoms with Crippen molar-refractivity contribution in [1.29, 1.82) is 0 Å². The molecule has 0 radical (unpaired) electrons. The Kier molecular flexibility index (Phi) is 5.10. The van der Waals surface area contributed by atoms with Crippen LogP contribution in [-0.2, 0) is 0 Å². The first-order valence-corrected chi connectivity index (χ1v) is 9.05. The molecule has 2 unspecified atom stereocenters. The van der Waals surface area contributed by atoms with Crippen molar-refractivity contribution in [2.75, 3.05) is 0 Å². The molecular weight excluding hydrogens is 260 g/mol. The van der Waals surface area contributed by atoms with Crippen molar-refractivity contribution in [3.8, 4) is 0 Å². The minimum absolute atomic E-state index is 0.0624. The average Bonchev–Trinajstić information content (AvgIpc) is 2.73. The Labute approximate surface area is 131 Å². The number of fused-ring (bicyclic) bond motifs is 1. The highest BCUT2D eigenvalue weighted by molar-refractivity contribution is 5.02. The highest BCUT2D eigenvalue weighted by Gasteiger charge is 2.52. The topological polar surface area (TPSA) is 40.5 Å². The molecule has 2 aliphatic rings. The summed E-state index contributed by atoms with van der Waals surface area (Å²) < 4.78 is 0. The fourth-order valence-corrected chi connectivity index (χ4v) is 5.29. The second-order valence-electron chi connectivity index (χ2n) is 8.94. The summed E-state index contributed by atoms with van der Waals surface area (Å²) >= 11 is 0. The molecule has 0 spiro atoms. The van der Waals surface area contributed by atoms with Gasteiger partial charge >= 0.3 is 0 Å². The molecule has 21 heavy (non-hydrogen) atoms. The van der Waals surface area contributed by atoms with Crippen LogP contribution < -0.4 is 0 Å². The lowest BCUT2D eigenvalue weighted by Gasteiger charge is -2.46. The van der Waals surface area contributed by atoms with E-state index in [4.69, 9.17) is 0 Å². The van der Waals surface area contributed by atoms with Crippen molar-refractivity contribution in [1.82, 2.24) is 0 Å². The van der Waals surface area contributed by atoms with Gasteiger partial charge in [-0.2, -0.15) is 0 Å². The second-order valence-corrected chi connectivity index (χ2v) is 8.94. The van der Waals surface area contributed by atoms with Gasteiger partial charge in [-0.15, -0.1) is 0 Å². The van der Waals surface area contributed by atoms with E-state index in [9.17, 15) is 10.2 Å². The maximum atomic E-state index is 10.4. The third kappa shape index (κ3) is 3.64. The van der Waals surface area contributed by atoms with Crippen molar-refractivity contribution in [3.63, 3.8) is 0 Å². The van der Waals surface area contributed by atoms with E-state index in [1.165, 1.54) is 25.7 Å². The van der Waals surface area contributed by atoms with Crippen LogP contribution in [0.25, 0.3) is 0 Å². The quantitative estimate of drug-likeness (QED) is 0.790. The van der Waals surface area contributed by atoms with E-state index in [2.05, 4.69) is 20.8 Å². The van der Waals surface area contributed by atoms with E-state index < -0.39 is 5.60 Å². The van der Waals surface area contributed by atoms with Crippen molar-refractivity contribution in [2.45, 2.75) is 91.3 Å². The molecule has 2 nitrogen and oxygen atoms in total. The molecule has 0 aromatic rings. The van der Waals surface area contributed by atoms with Crippen LogP contribution in [0.3, 0.4) is 0 Å². The van der Waals surface area contributed by atoms with Crippen LogP contribution in [0.1, 0.15) is 79.6 Å². The van der Waals surface area contributed by atoms with Crippen molar-refractivity contribution in [3.05, 3.63) is 0 Å². The molecule has 0 saturated heterocycles. The number of hydrogen-bond donors (Lipinski definition) is 2. The lowest BCUT2D eigenvalue weighted by atomic mass is 9.60. The van der Waals surface area contributed by atoms with Crippen molar-refractivity contribution < 1.29 is 10.2 Å². The van der Waals surface area contributed by atoms with Gasteiger partial charge in [-0.25, -0.2) is 0 Å². The monoisotopic (exact) mass is 296 g/mol. The van der Waals surface area contributed by atoms with Crippen LogP contribution in [0.15, 0.2) is 0 Å². The van der Waals surface area contributed by atoms with E-state index >= 15 is 0 Å². The van der Waals surface area contributed by atoms with Gasteiger partial charge < -0.3 is 10.2 Å². The Hall–Kier alpha value is -0.0800. The molecule has 0 bridgehead atoms. The lowest BCUT2D eigenvalue weighted by Crippen LogP contribution is -2.42. The van der Waals surface area contributed by atoms with Crippen LogP contribution in [0.4, 0.5) is 0 Å². The van der Waals surface area contributed by atoms with Crippen LogP contribution in [0, 0.1) is 29.1 Å². The van der Waals surface area contributed by atoms with Crippen molar-refractivity contribution in [2.24, 2.45) is 29.1 Å². The molecular formula is C19H36O2. The first kappa shape index (κ1) is 17.3. The predicted molar refractivity (Wildman–Crippen MR) is 88.0 cm³/mol. The molecule has 2 aliphatic carbocycles. The molecule has 2 N–H and O–H groups in total. The van der Waals surface area contributed by atoms with Gasteiger partial charge in [-0.05, 0) is 81.5 Å². The fraction of sp³-hybridized carbons (Fsp3) is 1.00. The normalized spacial score (nSPS) is 39.9. The summed E-state index contributed by atoms with van der Waals surface area (Å²) in [6.45, 7) is 11.0. The predicted octanol–water partition coefficient (Wildman–Crippen LogP) is 4.39. The maximum Gasteiger partial charge on any atom is 0.0591 e. The molecule has 2 heteroatoms. The first-order chi connectivity index (χ1) is 9.65. The number of hydrogen-bond acceptors (Lipinski definition) is 2. The first-order valence-electron chi connectivity index (χ1n) is 9.05. The summed E-state index contributed by atoms with van der Waals surface area (Å²) in [5.74, 6) is 2.61. The van der Waals surface area contributed by atoms with E-state index in [1.54, 1.807) is 0 Å². The van der Waals surface area contributed by atoms with Crippen molar-refractivity contribution >= 4 is 0 Å². The molecule has 6 atom stereocenters. The van der Waals surface area contributed by atoms with Gasteiger partial charge in [0.25, 0.3) is 0 Å². The van der Waals surface area contributed by atoms with Crippen LogP contribution in [0.5, 0.6) is 0 Å². The molecule has 2 rings (SSSR count). The van der Waals surface area contributed by atoms with Gasteiger partial charge in [0.05, 0.1) is 11.7 Å². The zero-order valence-corrected chi connectivity index (χ0v) is 14.7. The van der Waals surface area contributed by atoms with Gasteiger partial charge in [0.1, 0.15) is 0 Å². The zero-order valence-electron chi connectivity index (χ0n) is 14.7. The SMILES string of the molecule is C[C@H](CCC(C)(C)O)[C@@H](C)C1CCC2[C@@H](O)CCC[C@@]21C. The standard InChI is InChI=1S/C19H36O2/c1-13(10-12-18(3,4)21)14(2)15-8-9-16-17(20)7-6-11-19(15,16)5/h13-17,20-21H,6-12H2,1-5H3/t13-,14-,15?,16?,17+,19-/m1/s1. The Morgan fingerprint density at radius 1 is 1.19 bits per heavy atom. The minimum Gasteiger partial charge on any atom is -0.393 e. The second kappa shape index (κ2) is 6.20. The highest BCUT2D eigenvalue weighted by atomic mass is 16.3. The van der Waals surface area contributed by atoms with E-state index in [0.29, 0.717) is 23.2 Å². The molecule has 0 amide bonds.